The second-order valence-electron chi connectivity index (χ2n) is 6.02. The van der Waals surface area contributed by atoms with Gasteiger partial charge in [-0.25, -0.2) is 8.42 Å². The largest absolute Gasteiger partial charge is 0.378 e. The van der Waals surface area contributed by atoms with Crippen molar-refractivity contribution in [1.82, 2.24) is 5.32 Å². The molecule has 7 heteroatoms. The zero-order valence-corrected chi connectivity index (χ0v) is 13.8. The lowest BCUT2D eigenvalue weighted by Gasteiger charge is -2.31. The van der Waals surface area contributed by atoms with Crippen molar-refractivity contribution in [2.75, 3.05) is 42.7 Å². The van der Waals surface area contributed by atoms with Gasteiger partial charge in [0.15, 0.2) is 0 Å². The second kappa shape index (κ2) is 6.88. The van der Waals surface area contributed by atoms with E-state index in [0.717, 1.165) is 18.8 Å². The Labute approximate surface area is 136 Å². The van der Waals surface area contributed by atoms with Crippen LogP contribution >= 0.6 is 0 Å². The first-order valence-corrected chi connectivity index (χ1v) is 9.80. The maximum absolute atomic E-state index is 12.6. The van der Waals surface area contributed by atoms with Crippen LogP contribution < -0.4 is 10.2 Å². The number of nitrogens with one attached hydrogen (secondary N) is 1. The van der Waals surface area contributed by atoms with Crippen LogP contribution in [-0.4, -0.2) is 58.2 Å². The van der Waals surface area contributed by atoms with Gasteiger partial charge in [0, 0.05) is 24.8 Å². The minimum absolute atomic E-state index is 0.0660. The second-order valence-corrected chi connectivity index (χ2v) is 8.32. The average Bonchev–Trinajstić information content (AvgIpc) is 2.57. The van der Waals surface area contributed by atoms with Gasteiger partial charge < -0.3 is 15.0 Å². The molecule has 1 aromatic rings. The number of nitrogens with zero attached hydrogens (tertiary/aromatic N) is 1. The molecule has 3 rings (SSSR count). The standard InChI is InChI=1S/C16H22N2O4S/c19-16(17-13-5-11-23(20,21)12-6-13)14-3-1-2-4-15(14)18-7-9-22-10-8-18/h1-4,13H,5-12H2,(H,17,19). The van der Waals surface area contributed by atoms with Gasteiger partial charge in [-0.15, -0.1) is 0 Å². The van der Waals surface area contributed by atoms with Crippen molar-refractivity contribution in [2.24, 2.45) is 0 Å². The normalized spacial score (nSPS) is 21.8. The number of sulfone groups is 1. The molecule has 2 heterocycles. The molecule has 2 aliphatic heterocycles. The minimum atomic E-state index is -2.91. The summed E-state index contributed by atoms with van der Waals surface area (Å²) in [7, 11) is -2.91. The van der Waals surface area contributed by atoms with E-state index in [1.807, 2.05) is 24.3 Å². The number of morpholine rings is 1. The van der Waals surface area contributed by atoms with Crippen molar-refractivity contribution in [3.8, 4) is 0 Å². The number of para-hydroxylation sites is 1. The van der Waals surface area contributed by atoms with Crippen molar-refractivity contribution in [2.45, 2.75) is 18.9 Å². The summed E-state index contributed by atoms with van der Waals surface area (Å²) in [5.74, 6) is 0.183. The Hall–Kier alpha value is -1.60. The smallest absolute Gasteiger partial charge is 0.253 e. The summed E-state index contributed by atoms with van der Waals surface area (Å²) in [4.78, 5) is 14.8. The van der Waals surface area contributed by atoms with Crippen LogP contribution in [0.25, 0.3) is 0 Å². The monoisotopic (exact) mass is 338 g/mol. The van der Waals surface area contributed by atoms with Crippen LogP contribution in [0.4, 0.5) is 5.69 Å². The summed E-state index contributed by atoms with van der Waals surface area (Å²) in [5, 5.41) is 2.99. The van der Waals surface area contributed by atoms with Gasteiger partial charge >= 0.3 is 0 Å². The highest BCUT2D eigenvalue weighted by Crippen LogP contribution is 2.22. The van der Waals surface area contributed by atoms with E-state index >= 15 is 0 Å². The number of amides is 1. The molecule has 0 aliphatic carbocycles. The zero-order valence-electron chi connectivity index (χ0n) is 13.0. The predicted molar refractivity (Wildman–Crippen MR) is 88.6 cm³/mol. The quantitative estimate of drug-likeness (QED) is 0.883. The number of carbonyl (C=O) groups is 1. The molecule has 1 aromatic carbocycles. The lowest BCUT2D eigenvalue weighted by Crippen LogP contribution is -2.42. The number of ether oxygens (including phenoxy) is 1. The maximum Gasteiger partial charge on any atom is 0.253 e. The third-order valence-electron chi connectivity index (χ3n) is 4.39. The van der Waals surface area contributed by atoms with Gasteiger partial charge in [0.05, 0.1) is 30.3 Å². The molecular weight excluding hydrogens is 316 g/mol. The Morgan fingerprint density at radius 2 is 1.78 bits per heavy atom. The van der Waals surface area contributed by atoms with Gasteiger partial charge in [0.1, 0.15) is 9.84 Å². The molecule has 1 amide bonds. The fraction of sp³-hybridized carbons (Fsp3) is 0.562. The highest BCUT2D eigenvalue weighted by atomic mass is 32.2. The minimum Gasteiger partial charge on any atom is -0.378 e. The molecule has 1 N–H and O–H groups in total. The molecule has 2 saturated heterocycles. The molecule has 0 aromatic heterocycles. The van der Waals surface area contributed by atoms with Gasteiger partial charge in [-0.3, -0.25) is 4.79 Å². The Morgan fingerprint density at radius 3 is 2.48 bits per heavy atom. The fourth-order valence-corrected chi connectivity index (χ4v) is 4.53. The van der Waals surface area contributed by atoms with Crippen molar-refractivity contribution in [1.29, 1.82) is 0 Å². The van der Waals surface area contributed by atoms with E-state index < -0.39 is 9.84 Å². The predicted octanol–water partition coefficient (Wildman–Crippen LogP) is 0.830. The number of benzene rings is 1. The van der Waals surface area contributed by atoms with Crippen molar-refractivity contribution in [3.63, 3.8) is 0 Å². The van der Waals surface area contributed by atoms with Gasteiger partial charge in [-0.05, 0) is 25.0 Å². The summed E-state index contributed by atoms with van der Waals surface area (Å²) in [5.41, 5.74) is 1.56. The molecule has 2 aliphatic rings. The summed E-state index contributed by atoms with van der Waals surface area (Å²) in [6.07, 6.45) is 0.988. The van der Waals surface area contributed by atoms with E-state index in [1.54, 1.807) is 0 Å². The molecular formula is C16H22N2O4S. The zero-order chi connectivity index (χ0) is 16.3. The first-order valence-electron chi connectivity index (χ1n) is 7.98. The first kappa shape index (κ1) is 16.3. The molecule has 0 spiro atoms. The van der Waals surface area contributed by atoms with Gasteiger partial charge in [-0.1, -0.05) is 12.1 Å². The van der Waals surface area contributed by atoms with Crippen molar-refractivity contribution in [3.05, 3.63) is 29.8 Å². The maximum atomic E-state index is 12.6. The Bertz CT molecular complexity index is 654. The molecule has 0 bridgehead atoms. The number of anilines is 1. The van der Waals surface area contributed by atoms with Crippen LogP contribution in [0.1, 0.15) is 23.2 Å². The summed E-state index contributed by atoms with van der Waals surface area (Å²) >= 11 is 0. The molecule has 6 nitrogen and oxygen atoms in total. The van der Waals surface area contributed by atoms with Crippen LogP contribution in [0.15, 0.2) is 24.3 Å². The number of hydrogen-bond acceptors (Lipinski definition) is 5. The van der Waals surface area contributed by atoms with E-state index in [4.69, 9.17) is 4.74 Å². The number of rotatable bonds is 3. The van der Waals surface area contributed by atoms with Gasteiger partial charge in [-0.2, -0.15) is 0 Å². The Kier molecular flexibility index (Phi) is 4.87. The molecule has 0 unspecified atom stereocenters. The third-order valence-corrected chi connectivity index (χ3v) is 6.11. The van der Waals surface area contributed by atoms with Crippen LogP contribution in [0.5, 0.6) is 0 Å². The topological polar surface area (TPSA) is 75.7 Å². The summed E-state index contributed by atoms with van der Waals surface area (Å²) in [6.45, 7) is 2.87. The SMILES string of the molecule is O=C(NC1CCS(=O)(=O)CC1)c1ccccc1N1CCOCC1. The average molecular weight is 338 g/mol. The van der Waals surface area contributed by atoms with Crippen LogP contribution in [0, 0.1) is 0 Å². The molecule has 126 valence electrons. The van der Waals surface area contributed by atoms with E-state index in [9.17, 15) is 13.2 Å². The molecule has 2 fully saturated rings. The third kappa shape index (κ3) is 4.03. The lowest BCUT2D eigenvalue weighted by atomic mass is 10.1. The highest BCUT2D eigenvalue weighted by Gasteiger charge is 2.26. The number of hydrogen-bond donors (Lipinski definition) is 1. The van der Waals surface area contributed by atoms with E-state index in [1.165, 1.54) is 0 Å². The summed E-state index contributed by atoms with van der Waals surface area (Å²) in [6, 6.07) is 7.48. The molecule has 23 heavy (non-hydrogen) atoms. The van der Waals surface area contributed by atoms with Gasteiger partial charge in [0.25, 0.3) is 5.91 Å². The fourth-order valence-electron chi connectivity index (χ4n) is 3.04. The molecule has 0 atom stereocenters. The first-order chi connectivity index (χ1) is 11.1. The summed E-state index contributed by atoms with van der Waals surface area (Å²) < 4.78 is 28.3. The van der Waals surface area contributed by atoms with E-state index in [-0.39, 0.29) is 23.5 Å². The van der Waals surface area contributed by atoms with Crippen LogP contribution in [0.2, 0.25) is 0 Å². The van der Waals surface area contributed by atoms with Crippen LogP contribution in [-0.2, 0) is 14.6 Å². The van der Waals surface area contributed by atoms with E-state index in [0.29, 0.717) is 31.6 Å². The Morgan fingerprint density at radius 1 is 1.13 bits per heavy atom. The molecule has 0 saturated carbocycles. The lowest BCUT2D eigenvalue weighted by molar-refractivity contribution is 0.0933. The highest BCUT2D eigenvalue weighted by molar-refractivity contribution is 7.91. The molecule has 0 radical (unpaired) electrons. The van der Waals surface area contributed by atoms with Gasteiger partial charge in [0.2, 0.25) is 0 Å². The van der Waals surface area contributed by atoms with Crippen molar-refractivity contribution >= 4 is 21.4 Å². The van der Waals surface area contributed by atoms with E-state index in [2.05, 4.69) is 10.2 Å². The Balaban J connectivity index is 1.70. The van der Waals surface area contributed by atoms with Crippen molar-refractivity contribution < 1.29 is 17.9 Å². The number of carbonyl (C=O) groups excluding carboxylic acids is 1. The van der Waals surface area contributed by atoms with Crippen LogP contribution in [0.3, 0.4) is 0 Å².